The molecular formula is C20H27N3O2S. The number of pyridine rings is 1. The van der Waals surface area contributed by atoms with Crippen LogP contribution in [0.15, 0.2) is 33.8 Å². The number of carbonyl (C=O) groups excluding carboxylic acids is 1. The number of rotatable bonds is 6. The van der Waals surface area contributed by atoms with Crippen LogP contribution in [0.25, 0.3) is 0 Å². The Morgan fingerprint density at radius 3 is 2.81 bits per heavy atom. The van der Waals surface area contributed by atoms with Crippen molar-refractivity contribution in [2.75, 3.05) is 25.9 Å². The van der Waals surface area contributed by atoms with Crippen molar-refractivity contribution in [3.63, 3.8) is 0 Å². The average Bonchev–Trinajstić information content (AvgIpc) is 2.97. The third kappa shape index (κ3) is 4.68. The van der Waals surface area contributed by atoms with Gasteiger partial charge in [-0.25, -0.2) is 4.98 Å². The summed E-state index contributed by atoms with van der Waals surface area (Å²) in [4.78, 5) is 19.2. The number of aryl methyl sites for hydroxylation is 2. The van der Waals surface area contributed by atoms with Crippen molar-refractivity contribution in [2.45, 2.75) is 38.3 Å². The number of nitrogens with one attached hydrogen (secondary N) is 1. The van der Waals surface area contributed by atoms with E-state index < -0.39 is 0 Å². The molecular weight excluding hydrogens is 346 g/mol. The first-order chi connectivity index (χ1) is 12.6. The number of thioether (sulfide) groups is 1. The predicted molar refractivity (Wildman–Crippen MR) is 105 cm³/mol. The van der Waals surface area contributed by atoms with E-state index in [9.17, 15) is 4.79 Å². The number of hydrogen-bond donors (Lipinski definition) is 1. The van der Waals surface area contributed by atoms with Crippen LogP contribution in [-0.2, 0) is 6.54 Å². The third-order valence-corrected chi connectivity index (χ3v) is 5.72. The fourth-order valence-electron chi connectivity index (χ4n) is 3.49. The van der Waals surface area contributed by atoms with E-state index >= 15 is 0 Å². The highest BCUT2D eigenvalue weighted by atomic mass is 32.2. The minimum Gasteiger partial charge on any atom is -0.466 e. The lowest BCUT2D eigenvalue weighted by Gasteiger charge is -2.31. The van der Waals surface area contributed by atoms with Crippen LogP contribution < -0.4 is 5.32 Å². The Bertz CT molecular complexity index is 751. The Labute approximate surface area is 159 Å². The van der Waals surface area contributed by atoms with Gasteiger partial charge in [-0.15, -0.1) is 11.8 Å². The topological polar surface area (TPSA) is 58.4 Å². The van der Waals surface area contributed by atoms with Gasteiger partial charge in [-0.05, 0) is 70.2 Å². The van der Waals surface area contributed by atoms with Gasteiger partial charge in [0.1, 0.15) is 16.5 Å². The van der Waals surface area contributed by atoms with Crippen LogP contribution in [0, 0.1) is 19.8 Å². The zero-order valence-electron chi connectivity index (χ0n) is 15.7. The summed E-state index contributed by atoms with van der Waals surface area (Å²) in [7, 11) is 0. The smallest absolute Gasteiger partial charge is 0.254 e. The molecule has 0 atom stereocenters. The largest absolute Gasteiger partial charge is 0.466 e. The molecule has 2 aromatic heterocycles. The lowest BCUT2D eigenvalue weighted by atomic mass is 9.96. The van der Waals surface area contributed by atoms with E-state index in [1.165, 1.54) is 17.3 Å². The van der Waals surface area contributed by atoms with Crippen molar-refractivity contribution >= 4 is 17.7 Å². The number of likely N-dealkylation sites (tertiary alicyclic amines) is 1. The van der Waals surface area contributed by atoms with E-state index in [4.69, 9.17) is 4.42 Å². The van der Waals surface area contributed by atoms with Crippen molar-refractivity contribution in [3.8, 4) is 0 Å². The molecule has 140 valence electrons. The maximum absolute atomic E-state index is 12.4. The Kier molecular flexibility index (Phi) is 6.38. The van der Waals surface area contributed by atoms with Gasteiger partial charge < -0.3 is 9.73 Å². The molecule has 0 radical (unpaired) electrons. The molecule has 0 bridgehead atoms. The molecule has 0 aromatic carbocycles. The highest BCUT2D eigenvalue weighted by Crippen LogP contribution is 2.22. The van der Waals surface area contributed by atoms with Crippen molar-refractivity contribution in [1.29, 1.82) is 0 Å². The van der Waals surface area contributed by atoms with Crippen LogP contribution >= 0.6 is 11.8 Å². The van der Waals surface area contributed by atoms with Gasteiger partial charge in [0.05, 0.1) is 5.56 Å². The van der Waals surface area contributed by atoms with E-state index in [0.717, 1.165) is 55.6 Å². The molecule has 1 aliphatic rings. The van der Waals surface area contributed by atoms with Gasteiger partial charge in [-0.3, -0.25) is 9.69 Å². The number of aromatic nitrogens is 1. The molecule has 5 nitrogen and oxygen atoms in total. The number of amides is 1. The molecule has 1 N–H and O–H groups in total. The maximum Gasteiger partial charge on any atom is 0.254 e. The molecule has 0 saturated carbocycles. The molecule has 3 heterocycles. The monoisotopic (exact) mass is 373 g/mol. The molecule has 6 heteroatoms. The van der Waals surface area contributed by atoms with E-state index in [1.54, 1.807) is 6.20 Å². The van der Waals surface area contributed by atoms with Crippen molar-refractivity contribution in [2.24, 2.45) is 5.92 Å². The molecule has 1 amide bonds. The lowest BCUT2D eigenvalue weighted by molar-refractivity contribution is 0.0931. The zero-order chi connectivity index (χ0) is 18.5. The van der Waals surface area contributed by atoms with E-state index in [2.05, 4.69) is 21.3 Å². The van der Waals surface area contributed by atoms with Gasteiger partial charge >= 0.3 is 0 Å². The molecule has 1 fully saturated rings. The first-order valence-electron chi connectivity index (χ1n) is 9.12. The van der Waals surface area contributed by atoms with Crippen LogP contribution in [0.4, 0.5) is 0 Å². The second kappa shape index (κ2) is 8.73. The SMILES string of the molecule is CSc1ncccc1C(=O)NCC1CCN(Cc2cc(C)oc2C)CC1. The second-order valence-electron chi connectivity index (χ2n) is 6.93. The Balaban J connectivity index is 1.45. The van der Waals surface area contributed by atoms with Crippen LogP contribution in [0.1, 0.15) is 40.3 Å². The highest BCUT2D eigenvalue weighted by Gasteiger charge is 2.21. The number of carbonyl (C=O) groups is 1. The van der Waals surface area contributed by atoms with Crippen LogP contribution in [-0.4, -0.2) is 41.7 Å². The summed E-state index contributed by atoms with van der Waals surface area (Å²) in [6.07, 6.45) is 5.89. The minimum atomic E-state index is -0.0191. The van der Waals surface area contributed by atoms with E-state index in [1.807, 2.05) is 32.2 Å². The standard InChI is InChI=1S/C20H27N3O2S/c1-14-11-17(15(2)25-14)13-23-9-6-16(7-10-23)12-22-19(24)18-5-4-8-21-20(18)26-3/h4-5,8,11,16H,6-7,9-10,12-13H2,1-3H3,(H,22,24). The fourth-order valence-corrected chi connectivity index (χ4v) is 4.04. The van der Waals surface area contributed by atoms with Gasteiger partial charge in [0, 0.05) is 24.8 Å². The van der Waals surface area contributed by atoms with E-state index in [-0.39, 0.29) is 5.91 Å². The molecule has 26 heavy (non-hydrogen) atoms. The summed E-state index contributed by atoms with van der Waals surface area (Å²) in [6.45, 7) is 7.84. The first kappa shape index (κ1) is 19.0. The second-order valence-corrected chi connectivity index (χ2v) is 7.72. The fraction of sp³-hybridized carbons (Fsp3) is 0.500. The first-order valence-corrected chi connectivity index (χ1v) is 10.3. The number of hydrogen-bond acceptors (Lipinski definition) is 5. The molecule has 2 aromatic rings. The molecule has 3 rings (SSSR count). The summed E-state index contributed by atoms with van der Waals surface area (Å²) >= 11 is 1.50. The normalized spacial score (nSPS) is 16.0. The summed E-state index contributed by atoms with van der Waals surface area (Å²) in [5, 5.41) is 3.88. The summed E-state index contributed by atoms with van der Waals surface area (Å²) < 4.78 is 5.62. The van der Waals surface area contributed by atoms with Crippen LogP contribution in [0.2, 0.25) is 0 Å². The third-order valence-electron chi connectivity index (χ3n) is 5.01. The molecule has 1 saturated heterocycles. The summed E-state index contributed by atoms with van der Waals surface area (Å²) in [6, 6.07) is 5.79. The quantitative estimate of drug-likeness (QED) is 0.783. The van der Waals surface area contributed by atoms with Crippen LogP contribution in [0.3, 0.4) is 0 Å². The van der Waals surface area contributed by atoms with Crippen molar-refractivity contribution in [1.82, 2.24) is 15.2 Å². The molecule has 1 aliphatic heterocycles. The molecule has 0 unspecified atom stereocenters. The summed E-state index contributed by atoms with van der Waals surface area (Å²) in [5.41, 5.74) is 1.96. The molecule has 0 spiro atoms. The van der Waals surface area contributed by atoms with Gasteiger partial charge in [-0.2, -0.15) is 0 Å². The van der Waals surface area contributed by atoms with Gasteiger partial charge in [0.2, 0.25) is 0 Å². The van der Waals surface area contributed by atoms with E-state index in [0.29, 0.717) is 11.5 Å². The number of piperidine rings is 1. The Morgan fingerprint density at radius 1 is 1.38 bits per heavy atom. The Hall–Kier alpha value is -1.79. The highest BCUT2D eigenvalue weighted by molar-refractivity contribution is 7.98. The zero-order valence-corrected chi connectivity index (χ0v) is 16.6. The average molecular weight is 374 g/mol. The number of furan rings is 1. The minimum absolute atomic E-state index is 0.0191. The van der Waals surface area contributed by atoms with Gasteiger partial charge in [0.25, 0.3) is 5.91 Å². The van der Waals surface area contributed by atoms with Crippen molar-refractivity contribution < 1.29 is 9.21 Å². The van der Waals surface area contributed by atoms with Crippen LogP contribution in [0.5, 0.6) is 0 Å². The maximum atomic E-state index is 12.4. The summed E-state index contributed by atoms with van der Waals surface area (Å²) in [5.74, 6) is 2.53. The lowest BCUT2D eigenvalue weighted by Crippen LogP contribution is -2.38. The molecule has 0 aliphatic carbocycles. The van der Waals surface area contributed by atoms with Gasteiger partial charge in [0.15, 0.2) is 0 Å². The number of nitrogens with zero attached hydrogens (tertiary/aromatic N) is 2. The van der Waals surface area contributed by atoms with Crippen molar-refractivity contribution in [3.05, 3.63) is 47.0 Å². The Morgan fingerprint density at radius 2 is 2.15 bits per heavy atom. The van der Waals surface area contributed by atoms with Gasteiger partial charge in [-0.1, -0.05) is 0 Å². The predicted octanol–water partition coefficient (Wildman–Crippen LogP) is 3.66.